The molecular weight excluding hydrogens is 362 g/mol. The molecule has 0 radical (unpaired) electrons. The number of pyridine rings is 1. The Morgan fingerprint density at radius 1 is 0.857 bits per heavy atom. The molecule has 2 aromatic carbocycles. The van der Waals surface area contributed by atoms with Crippen LogP contribution in [0.2, 0.25) is 0 Å². The molecule has 0 aliphatic rings. The fourth-order valence-corrected chi connectivity index (χ4v) is 2.36. The second-order valence-corrected chi connectivity index (χ2v) is 5.63. The van der Waals surface area contributed by atoms with Gasteiger partial charge in [0.25, 0.3) is 11.6 Å². The molecule has 1 heterocycles. The zero-order valence-corrected chi connectivity index (χ0v) is 14.5. The van der Waals surface area contributed by atoms with Gasteiger partial charge in [-0.15, -0.1) is 0 Å². The maximum Gasteiger partial charge on any atom is 0.323 e. The van der Waals surface area contributed by atoms with E-state index in [0.717, 1.165) is 0 Å². The summed E-state index contributed by atoms with van der Waals surface area (Å²) in [6.45, 7) is 0. The number of anilines is 3. The van der Waals surface area contributed by atoms with Crippen LogP contribution in [0, 0.1) is 10.1 Å². The number of nitrogens with one attached hydrogen (secondary N) is 3. The van der Waals surface area contributed by atoms with Crippen molar-refractivity contribution < 1.29 is 14.5 Å². The molecule has 0 aliphatic heterocycles. The predicted octanol–water partition coefficient (Wildman–Crippen LogP) is 3.89. The Balaban J connectivity index is 1.61. The molecule has 9 heteroatoms. The van der Waals surface area contributed by atoms with Gasteiger partial charge in [0, 0.05) is 29.8 Å². The van der Waals surface area contributed by atoms with Crippen molar-refractivity contribution in [3.63, 3.8) is 0 Å². The number of rotatable bonds is 5. The van der Waals surface area contributed by atoms with Gasteiger partial charge < -0.3 is 16.0 Å². The lowest BCUT2D eigenvalue weighted by atomic mass is 10.2. The Hall–Kier alpha value is -4.27. The van der Waals surface area contributed by atoms with Crippen molar-refractivity contribution in [3.05, 3.63) is 88.7 Å². The third-order valence-corrected chi connectivity index (χ3v) is 3.67. The van der Waals surface area contributed by atoms with Crippen molar-refractivity contribution in [3.8, 4) is 0 Å². The maximum atomic E-state index is 12.1. The monoisotopic (exact) mass is 377 g/mol. The largest absolute Gasteiger partial charge is 0.323 e. The first-order chi connectivity index (χ1) is 13.5. The number of carbonyl (C=O) groups is 2. The number of nitro groups is 1. The average molecular weight is 377 g/mol. The van der Waals surface area contributed by atoms with E-state index in [2.05, 4.69) is 20.9 Å². The van der Waals surface area contributed by atoms with E-state index in [-0.39, 0.29) is 17.3 Å². The number of carbonyl (C=O) groups excluding carboxylic acids is 2. The van der Waals surface area contributed by atoms with E-state index in [9.17, 15) is 19.7 Å². The fourth-order valence-electron chi connectivity index (χ4n) is 2.36. The van der Waals surface area contributed by atoms with Gasteiger partial charge in [-0.25, -0.2) is 4.79 Å². The van der Waals surface area contributed by atoms with Gasteiger partial charge in [0.05, 0.1) is 10.5 Å². The van der Waals surface area contributed by atoms with Crippen molar-refractivity contribution in [2.75, 3.05) is 16.0 Å². The molecule has 0 unspecified atom stereocenters. The second kappa shape index (κ2) is 8.41. The van der Waals surface area contributed by atoms with Crippen LogP contribution in [0.5, 0.6) is 0 Å². The first-order valence-corrected chi connectivity index (χ1v) is 8.16. The van der Waals surface area contributed by atoms with Gasteiger partial charge in [0.1, 0.15) is 5.69 Å². The lowest BCUT2D eigenvalue weighted by Gasteiger charge is -2.09. The molecule has 0 saturated heterocycles. The lowest BCUT2D eigenvalue weighted by Crippen LogP contribution is -2.20. The Kier molecular flexibility index (Phi) is 5.56. The summed E-state index contributed by atoms with van der Waals surface area (Å²) in [6.07, 6.45) is 3.03. The second-order valence-electron chi connectivity index (χ2n) is 5.63. The molecule has 0 bridgehead atoms. The van der Waals surface area contributed by atoms with Crippen molar-refractivity contribution in [2.45, 2.75) is 0 Å². The number of urea groups is 1. The summed E-state index contributed by atoms with van der Waals surface area (Å²) in [5.74, 6) is -0.303. The molecular formula is C19H15N5O4. The Morgan fingerprint density at radius 3 is 2.18 bits per heavy atom. The first-order valence-electron chi connectivity index (χ1n) is 8.16. The highest BCUT2D eigenvalue weighted by Crippen LogP contribution is 2.23. The van der Waals surface area contributed by atoms with Crippen molar-refractivity contribution in [1.82, 2.24) is 4.98 Å². The van der Waals surface area contributed by atoms with Crippen LogP contribution < -0.4 is 16.0 Å². The molecule has 0 aliphatic carbocycles. The Labute approximate surface area is 159 Å². The standard InChI is InChI=1S/C19H15N5O4/c25-18(13-4-3-11-20-12-13)21-14-7-9-15(10-8-14)22-19(26)23-16-5-1-2-6-17(16)24(27)28/h1-12H,(H,21,25)(H2,22,23,26). The summed E-state index contributed by atoms with van der Waals surface area (Å²) in [7, 11) is 0. The third kappa shape index (κ3) is 4.67. The minimum atomic E-state index is -0.624. The topological polar surface area (TPSA) is 126 Å². The highest BCUT2D eigenvalue weighted by atomic mass is 16.6. The SMILES string of the molecule is O=C(Nc1ccc(NC(=O)c2cccnc2)cc1)Nc1ccccc1[N+](=O)[O-]. The lowest BCUT2D eigenvalue weighted by molar-refractivity contribution is -0.383. The molecule has 3 aromatic rings. The highest BCUT2D eigenvalue weighted by Gasteiger charge is 2.14. The number of benzene rings is 2. The zero-order chi connectivity index (χ0) is 19.9. The Bertz CT molecular complexity index is 1010. The molecule has 1 aromatic heterocycles. The molecule has 3 N–H and O–H groups in total. The molecule has 3 amide bonds. The first kappa shape index (κ1) is 18.5. The normalized spacial score (nSPS) is 10.0. The molecule has 140 valence electrons. The number of nitrogens with zero attached hydrogens (tertiary/aromatic N) is 2. The van der Waals surface area contributed by atoms with Gasteiger partial charge >= 0.3 is 6.03 Å². The van der Waals surface area contributed by atoms with Crippen LogP contribution in [0.15, 0.2) is 73.1 Å². The van der Waals surface area contributed by atoms with Gasteiger partial charge in [0.2, 0.25) is 0 Å². The number of hydrogen-bond acceptors (Lipinski definition) is 5. The summed E-state index contributed by atoms with van der Waals surface area (Å²) >= 11 is 0. The van der Waals surface area contributed by atoms with E-state index in [0.29, 0.717) is 16.9 Å². The summed E-state index contributed by atoms with van der Waals surface area (Å²) in [5.41, 5.74) is 1.30. The van der Waals surface area contributed by atoms with Crippen LogP contribution >= 0.6 is 0 Å². The van der Waals surface area contributed by atoms with E-state index < -0.39 is 11.0 Å². The summed E-state index contributed by atoms with van der Waals surface area (Å²) in [6, 6.07) is 15.0. The van der Waals surface area contributed by atoms with Crippen molar-refractivity contribution >= 4 is 34.7 Å². The third-order valence-electron chi connectivity index (χ3n) is 3.67. The minimum absolute atomic E-state index is 0.0883. The molecule has 9 nitrogen and oxygen atoms in total. The van der Waals surface area contributed by atoms with E-state index in [1.807, 2.05) is 0 Å². The van der Waals surface area contributed by atoms with Gasteiger partial charge in [-0.05, 0) is 42.5 Å². The number of nitro benzene ring substituents is 1. The molecule has 3 rings (SSSR count). The van der Waals surface area contributed by atoms with Crippen LogP contribution in [0.3, 0.4) is 0 Å². The van der Waals surface area contributed by atoms with E-state index in [1.54, 1.807) is 48.7 Å². The van der Waals surface area contributed by atoms with Crippen molar-refractivity contribution in [2.24, 2.45) is 0 Å². The number of aromatic nitrogens is 1. The van der Waals surface area contributed by atoms with Crippen LogP contribution in [0.4, 0.5) is 27.5 Å². The highest BCUT2D eigenvalue weighted by molar-refractivity contribution is 6.04. The fraction of sp³-hybridized carbons (Fsp3) is 0. The van der Waals surface area contributed by atoms with Gasteiger partial charge in [-0.3, -0.25) is 19.9 Å². The van der Waals surface area contributed by atoms with Gasteiger partial charge in [0.15, 0.2) is 0 Å². The minimum Gasteiger partial charge on any atom is -0.322 e. The summed E-state index contributed by atoms with van der Waals surface area (Å²) < 4.78 is 0. The predicted molar refractivity (Wildman–Crippen MR) is 104 cm³/mol. The molecule has 0 spiro atoms. The molecule has 28 heavy (non-hydrogen) atoms. The van der Waals surface area contributed by atoms with Gasteiger partial charge in [-0.2, -0.15) is 0 Å². The zero-order valence-electron chi connectivity index (χ0n) is 14.5. The summed E-state index contributed by atoms with van der Waals surface area (Å²) in [5, 5.41) is 18.7. The number of amides is 3. The molecule has 0 saturated carbocycles. The van der Waals surface area contributed by atoms with Crippen molar-refractivity contribution in [1.29, 1.82) is 0 Å². The van der Waals surface area contributed by atoms with E-state index in [1.165, 1.54) is 24.4 Å². The smallest absolute Gasteiger partial charge is 0.322 e. The van der Waals surface area contributed by atoms with Gasteiger partial charge in [-0.1, -0.05) is 12.1 Å². The average Bonchev–Trinajstić information content (AvgIpc) is 2.70. The molecule has 0 atom stereocenters. The number of para-hydroxylation sites is 2. The number of hydrogen-bond donors (Lipinski definition) is 3. The van der Waals surface area contributed by atoms with E-state index >= 15 is 0 Å². The summed E-state index contributed by atoms with van der Waals surface area (Å²) in [4.78, 5) is 38.5. The van der Waals surface area contributed by atoms with E-state index in [4.69, 9.17) is 0 Å². The maximum absolute atomic E-state index is 12.1. The quantitative estimate of drug-likeness (QED) is 0.459. The van der Waals surface area contributed by atoms with Crippen LogP contribution in [0.1, 0.15) is 10.4 Å². The van der Waals surface area contributed by atoms with Crippen LogP contribution in [-0.2, 0) is 0 Å². The molecule has 0 fully saturated rings. The Morgan fingerprint density at radius 2 is 1.54 bits per heavy atom. The van der Waals surface area contributed by atoms with Crippen LogP contribution in [-0.4, -0.2) is 21.8 Å². The van der Waals surface area contributed by atoms with Crippen LogP contribution in [0.25, 0.3) is 0 Å².